The summed E-state index contributed by atoms with van der Waals surface area (Å²) in [4.78, 5) is 12.1. The van der Waals surface area contributed by atoms with Crippen LogP contribution in [0, 0.1) is 0 Å². The van der Waals surface area contributed by atoms with Crippen LogP contribution in [0.3, 0.4) is 0 Å². The van der Waals surface area contributed by atoms with Crippen molar-refractivity contribution in [1.82, 2.24) is 9.62 Å². The second-order valence-electron chi connectivity index (χ2n) is 5.83. The molecule has 0 aromatic heterocycles. The number of ether oxygens (including phenoxy) is 2. The van der Waals surface area contributed by atoms with Gasteiger partial charge in [-0.3, -0.25) is 4.79 Å². The molecule has 1 aromatic rings. The van der Waals surface area contributed by atoms with Crippen LogP contribution in [0.5, 0.6) is 11.5 Å². The maximum absolute atomic E-state index is 12.8. The van der Waals surface area contributed by atoms with Crippen molar-refractivity contribution in [2.24, 2.45) is 0 Å². The Balaban J connectivity index is 2.14. The molecular formula is C16H24N2O5S. The van der Waals surface area contributed by atoms with Gasteiger partial charge in [-0.1, -0.05) is 12.8 Å². The Bertz CT molecular complexity index is 684. The molecule has 7 nitrogen and oxygen atoms in total. The maximum atomic E-state index is 12.8. The van der Waals surface area contributed by atoms with Crippen LogP contribution in [0.1, 0.15) is 25.7 Å². The van der Waals surface area contributed by atoms with Crippen LogP contribution in [-0.2, 0) is 14.8 Å². The second kappa shape index (κ2) is 7.85. The summed E-state index contributed by atoms with van der Waals surface area (Å²) in [7, 11) is 0.354. The van der Waals surface area contributed by atoms with Crippen LogP contribution < -0.4 is 14.8 Å². The van der Waals surface area contributed by atoms with Crippen molar-refractivity contribution in [1.29, 1.82) is 0 Å². The highest BCUT2D eigenvalue weighted by Crippen LogP contribution is 2.30. The van der Waals surface area contributed by atoms with E-state index in [1.165, 1.54) is 33.4 Å². The largest absolute Gasteiger partial charge is 0.497 e. The minimum Gasteiger partial charge on any atom is -0.497 e. The first-order valence-electron chi connectivity index (χ1n) is 7.86. The van der Waals surface area contributed by atoms with Crippen LogP contribution in [0.25, 0.3) is 0 Å². The summed E-state index contributed by atoms with van der Waals surface area (Å²) in [5.41, 5.74) is 0. The molecule has 1 aliphatic carbocycles. The van der Waals surface area contributed by atoms with Crippen molar-refractivity contribution in [3.8, 4) is 11.5 Å². The van der Waals surface area contributed by atoms with Gasteiger partial charge in [0.15, 0.2) is 0 Å². The lowest BCUT2D eigenvalue weighted by Crippen LogP contribution is -2.41. The van der Waals surface area contributed by atoms with Gasteiger partial charge in [-0.25, -0.2) is 8.42 Å². The second-order valence-corrected chi connectivity index (χ2v) is 7.84. The molecule has 134 valence electrons. The van der Waals surface area contributed by atoms with Crippen molar-refractivity contribution < 1.29 is 22.7 Å². The maximum Gasteiger partial charge on any atom is 0.247 e. The van der Waals surface area contributed by atoms with Crippen LogP contribution >= 0.6 is 0 Å². The molecule has 1 N–H and O–H groups in total. The van der Waals surface area contributed by atoms with Gasteiger partial charge in [-0.05, 0) is 25.0 Å². The number of hydrogen-bond donors (Lipinski definition) is 1. The Morgan fingerprint density at radius 1 is 1.25 bits per heavy atom. The molecule has 0 aliphatic heterocycles. The van der Waals surface area contributed by atoms with E-state index < -0.39 is 10.0 Å². The molecule has 1 fully saturated rings. The number of rotatable bonds is 7. The average Bonchev–Trinajstić information content (AvgIpc) is 3.06. The van der Waals surface area contributed by atoms with E-state index in [0.717, 1.165) is 30.0 Å². The quantitative estimate of drug-likeness (QED) is 0.798. The number of methoxy groups -OCH3 is 2. The van der Waals surface area contributed by atoms with Crippen LogP contribution in [0.4, 0.5) is 0 Å². The summed E-state index contributed by atoms with van der Waals surface area (Å²) < 4.78 is 36.8. The fourth-order valence-corrected chi connectivity index (χ4v) is 4.08. The van der Waals surface area contributed by atoms with Crippen molar-refractivity contribution in [3.63, 3.8) is 0 Å². The highest BCUT2D eigenvalue weighted by Gasteiger charge is 2.28. The molecule has 1 saturated carbocycles. The smallest absolute Gasteiger partial charge is 0.247 e. The molecule has 0 atom stereocenters. The summed E-state index contributed by atoms with van der Waals surface area (Å²) in [6.45, 7) is -0.237. The molecule has 0 heterocycles. The van der Waals surface area contributed by atoms with Crippen molar-refractivity contribution in [3.05, 3.63) is 18.2 Å². The molecule has 8 heteroatoms. The highest BCUT2D eigenvalue weighted by molar-refractivity contribution is 7.89. The highest BCUT2D eigenvalue weighted by atomic mass is 32.2. The third-order valence-electron chi connectivity index (χ3n) is 4.15. The van der Waals surface area contributed by atoms with Gasteiger partial charge < -0.3 is 14.8 Å². The third kappa shape index (κ3) is 4.18. The molecule has 1 amide bonds. The van der Waals surface area contributed by atoms with Gasteiger partial charge in [0.25, 0.3) is 0 Å². The van der Waals surface area contributed by atoms with E-state index in [1.54, 1.807) is 6.07 Å². The SMILES string of the molecule is COc1ccc(OC)c(S(=O)(=O)N(C)CC(=O)NC2CCCC2)c1. The fourth-order valence-electron chi connectivity index (χ4n) is 2.78. The number of amides is 1. The Morgan fingerprint density at radius 2 is 1.92 bits per heavy atom. The Labute approximate surface area is 143 Å². The minimum atomic E-state index is -3.88. The number of benzene rings is 1. The van der Waals surface area contributed by atoms with Gasteiger partial charge >= 0.3 is 0 Å². The molecule has 0 spiro atoms. The number of sulfonamides is 1. The predicted molar refractivity (Wildman–Crippen MR) is 89.8 cm³/mol. The topological polar surface area (TPSA) is 84.9 Å². The van der Waals surface area contributed by atoms with Crippen molar-refractivity contribution in [2.75, 3.05) is 27.8 Å². The summed E-state index contributed by atoms with van der Waals surface area (Å²) >= 11 is 0. The van der Waals surface area contributed by atoms with E-state index in [1.807, 2.05) is 0 Å². The Hall–Kier alpha value is -1.80. The van der Waals surface area contributed by atoms with Gasteiger partial charge in [0.2, 0.25) is 15.9 Å². The van der Waals surface area contributed by atoms with E-state index in [2.05, 4.69) is 5.32 Å². The number of carbonyl (C=O) groups excluding carboxylic acids is 1. The number of nitrogens with one attached hydrogen (secondary N) is 1. The molecule has 0 bridgehead atoms. The molecule has 1 aromatic carbocycles. The van der Waals surface area contributed by atoms with Crippen LogP contribution in [0.15, 0.2) is 23.1 Å². The fraction of sp³-hybridized carbons (Fsp3) is 0.562. The summed E-state index contributed by atoms with van der Waals surface area (Å²) in [5, 5.41) is 2.88. The zero-order chi connectivity index (χ0) is 17.7. The molecule has 2 rings (SSSR count). The lowest BCUT2D eigenvalue weighted by Gasteiger charge is -2.20. The van der Waals surface area contributed by atoms with Gasteiger partial charge in [0.05, 0.1) is 20.8 Å². The zero-order valence-electron chi connectivity index (χ0n) is 14.2. The molecule has 0 unspecified atom stereocenters. The summed E-state index contributed by atoms with van der Waals surface area (Å²) in [6, 6.07) is 4.68. The van der Waals surface area contributed by atoms with Gasteiger partial charge in [0, 0.05) is 19.2 Å². The predicted octanol–water partition coefficient (Wildman–Crippen LogP) is 1.38. The minimum absolute atomic E-state index is 0.0273. The van der Waals surface area contributed by atoms with E-state index in [4.69, 9.17) is 9.47 Å². The number of carbonyl (C=O) groups is 1. The molecular weight excluding hydrogens is 332 g/mol. The lowest BCUT2D eigenvalue weighted by molar-refractivity contribution is -0.121. The normalized spacial score (nSPS) is 15.5. The van der Waals surface area contributed by atoms with Crippen LogP contribution in [-0.4, -0.2) is 52.5 Å². The standard InChI is InChI=1S/C16H24N2O5S/c1-18(11-16(19)17-12-6-4-5-7-12)24(20,21)15-10-13(22-2)8-9-14(15)23-3/h8-10,12H,4-7,11H2,1-3H3,(H,17,19). The lowest BCUT2D eigenvalue weighted by atomic mass is 10.2. The van der Waals surface area contributed by atoms with Gasteiger partial charge in [0.1, 0.15) is 16.4 Å². The monoisotopic (exact) mass is 356 g/mol. The zero-order valence-corrected chi connectivity index (χ0v) is 15.1. The summed E-state index contributed by atoms with van der Waals surface area (Å²) in [6.07, 6.45) is 4.10. The number of nitrogens with zero attached hydrogens (tertiary/aromatic N) is 1. The van der Waals surface area contributed by atoms with E-state index >= 15 is 0 Å². The average molecular weight is 356 g/mol. The van der Waals surface area contributed by atoms with Gasteiger partial charge in [-0.15, -0.1) is 0 Å². The first-order valence-corrected chi connectivity index (χ1v) is 9.30. The number of likely N-dealkylation sites (N-methyl/N-ethyl adjacent to an activating group) is 1. The number of hydrogen-bond acceptors (Lipinski definition) is 5. The molecule has 0 radical (unpaired) electrons. The molecule has 1 aliphatic rings. The van der Waals surface area contributed by atoms with Crippen molar-refractivity contribution in [2.45, 2.75) is 36.6 Å². The van der Waals surface area contributed by atoms with Crippen molar-refractivity contribution >= 4 is 15.9 Å². The van der Waals surface area contributed by atoms with Crippen LogP contribution in [0.2, 0.25) is 0 Å². The van der Waals surface area contributed by atoms with E-state index in [0.29, 0.717) is 5.75 Å². The van der Waals surface area contributed by atoms with E-state index in [-0.39, 0.29) is 29.1 Å². The molecule has 0 saturated heterocycles. The molecule has 24 heavy (non-hydrogen) atoms. The Morgan fingerprint density at radius 3 is 2.50 bits per heavy atom. The Kier molecular flexibility index (Phi) is 6.06. The van der Waals surface area contributed by atoms with E-state index in [9.17, 15) is 13.2 Å². The third-order valence-corrected chi connectivity index (χ3v) is 5.97. The summed E-state index contributed by atoms with van der Waals surface area (Å²) in [5.74, 6) is 0.312. The first-order chi connectivity index (χ1) is 11.4. The van der Waals surface area contributed by atoms with Gasteiger partial charge in [-0.2, -0.15) is 4.31 Å². The first kappa shape index (κ1) is 18.5.